The molecular weight excluding hydrogens is 322 g/mol. The number of aliphatic carboxylic acids is 1. The molecule has 1 aromatic heterocycles. The molecule has 1 heterocycles. The molecule has 6 N–H and O–H groups in total. The number of nitrogens with zero attached hydrogens (tertiary/aromatic N) is 1. The Hall–Kier alpha value is -2.07. The SMILES string of the molecule is CSCC[C@H](NC(=O)[C@H](Cc1c[nH]cn1)NC(=O)CN)C(=O)O. The zero-order valence-electron chi connectivity index (χ0n) is 12.7. The number of aromatic amines is 1. The summed E-state index contributed by atoms with van der Waals surface area (Å²) in [4.78, 5) is 41.8. The van der Waals surface area contributed by atoms with E-state index in [9.17, 15) is 14.4 Å². The number of carbonyl (C=O) groups excluding carboxylic acids is 2. The fourth-order valence-corrected chi connectivity index (χ4v) is 2.31. The molecule has 0 unspecified atom stereocenters. The Labute approximate surface area is 137 Å². The lowest BCUT2D eigenvalue weighted by Crippen LogP contribution is -2.53. The molecule has 0 aliphatic rings. The number of nitrogens with one attached hydrogen (secondary N) is 3. The van der Waals surface area contributed by atoms with Gasteiger partial charge in [0.25, 0.3) is 0 Å². The maximum Gasteiger partial charge on any atom is 0.326 e. The van der Waals surface area contributed by atoms with Crippen molar-refractivity contribution in [1.82, 2.24) is 20.6 Å². The smallest absolute Gasteiger partial charge is 0.326 e. The van der Waals surface area contributed by atoms with Crippen molar-refractivity contribution < 1.29 is 19.5 Å². The van der Waals surface area contributed by atoms with Crippen LogP contribution >= 0.6 is 11.8 Å². The molecule has 0 fully saturated rings. The molecule has 2 amide bonds. The second kappa shape index (κ2) is 9.85. The second-order valence-electron chi connectivity index (χ2n) is 4.77. The van der Waals surface area contributed by atoms with E-state index >= 15 is 0 Å². The molecule has 1 rings (SSSR count). The van der Waals surface area contributed by atoms with E-state index in [1.165, 1.54) is 18.1 Å². The van der Waals surface area contributed by atoms with E-state index in [0.717, 1.165) is 0 Å². The molecule has 128 valence electrons. The highest BCUT2D eigenvalue weighted by atomic mass is 32.2. The number of rotatable bonds is 10. The molecule has 0 aliphatic heterocycles. The van der Waals surface area contributed by atoms with Crippen molar-refractivity contribution in [2.45, 2.75) is 24.9 Å². The monoisotopic (exact) mass is 343 g/mol. The molecule has 0 bridgehead atoms. The number of thioether (sulfide) groups is 1. The van der Waals surface area contributed by atoms with Gasteiger partial charge in [0.15, 0.2) is 0 Å². The van der Waals surface area contributed by atoms with Crippen molar-refractivity contribution in [3.05, 3.63) is 18.2 Å². The van der Waals surface area contributed by atoms with E-state index in [4.69, 9.17) is 10.8 Å². The van der Waals surface area contributed by atoms with E-state index in [1.807, 2.05) is 6.26 Å². The first-order valence-electron chi connectivity index (χ1n) is 6.97. The first kappa shape index (κ1) is 19.0. The number of H-pyrrole nitrogens is 1. The number of amides is 2. The number of carbonyl (C=O) groups is 3. The van der Waals surface area contributed by atoms with Crippen LogP contribution in [0.4, 0.5) is 0 Å². The summed E-state index contributed by atoms with van der Waals surface area (Å²) in [5.41, 5.74) is 5.81. The molecule has 2 atom stereocenters. The van der Waals surface area contributed by atoms with Crippen molar-refractivity contribution in [3.8, 4) is 0 Å². The average Bonchev–Trinajstić information content (AvgIpc) is 3.03. The molecule has 1 aromatic rings. The predicted octanol–water partition coefficient (Wildman–Crippen LogP) is -1.28. The lowest BCUT2D eigenvalue weighted by Gasteiger charge is -2.20. The van der Waals surface area contributed by atoms with Crippen LogP contribution in [0.15, 0.2) is 12.5 Å². The van der Waals surface area contributed by atoms with Gasteiger partial charge in [0.05, 0.1) is 18.6 Å². The normalized spacial score (nSPS) is 13.1. The Kier molecular flexibility index (Phi) is 8.13. The summed E-state index contributed by atoms with van der Waals surface area (Å²) < 4.78 is 0. The van der Waals surface area contributed by atoms with E-state index in [2.05, 4.69) is 20.6 Å². The lowest BCUT2D eigenvalue weighted by molar-refractivity contribution is -0.142. The first-order valence-corrected chi connectivity index (χ1v) is 8.36. The molecule has 9 nitrogen and oxygen atoms in total. The maximum absolute atomic E-state index is 12.3. The summed E-state index contributed by atoms with van der Waals surface area (Å²) in [5, 5.41) is 14.1. The van der Waals surface area contributed by atoms with Gasteiger partial charge < -0.3 is 26.5 Å². The standard InChI is InChI=1S/C13H21N5O4S/c1-23-3-2-9(13(21)22)18-12(20)10(17-11(19)5-14)4-8-6-15-7-16-8/h6-7,9-10H,2-5,14H2,1H3,(H,15,16)(H,17,19)(H,18,20)(H,21,22)/t9-,10-/m0/s1. The Bertz CT molecular complexity index is 522. The van der Waals surface area contributed by atoms with Gasteiger partial charge in [-0.25, -0.2) is 9.78 Å². The third-order valence-electron chi connectivity index (χ3n) is 3.03. The Morgan fingerprint density at radius 1 is 1.39 bits per heavy atom. The third-order valence-corrected chi connectivity index (χ3v) is 3.67. The zero-order valence-corrected chi connectivity index (χ0v) is 13.6. The number of carboxylic acids is 1. The highest BCUT2D eigenvalue weighted by Crippen LogP contribution is 2.04. The quantitative estimate of drug-likeness (QED) is 0.355. The lowest BCUT2D eigenvalue weighted by atomic mass is 10.1. The maximum atomic E-state index is 12.3. The number of aromatic nitrogens is 2. The van der Waals surface area contributed by atoms with Crippen LogP contribution in [0, 0.1) is 0 Å². The highest BCUT2D eigenvalue weighted by molar-refractivity contribution is 7.98. The molecule has 23 heavy (non-hydrogen) atoms. The van der Waals surface area contributed by atoms with Crippen LogP contribution in [0.3, 0.4) is 0 Å². The van der Waals surface area contributed by atoms with Crippen LogP contribution in [0.2, 0.25) is 0 Å². The molecule has 0 radical (unpaired) electrons. The predicted molar refractivity (Wildman–Crippen MR) is 85.8 cm³/mol. The van der Waals surface area contributed by atoms with Gasteiger partial charge in [-0.3, -0.25) is 9.59 Å². The minimum atomic E-state index is -1.11. The van der Waals surface area contributed by atoms with Gasteiger partial charge in [-0.05, 0) is 18.4 Å². The summed E-state index contributed by atoms with van der Waals surface area (Å²) in [6.07, 6.45) is 5.32. The van der Waals surface area contributed by atoms with E-state index in [-0.39, 0.29) is 13.0 Å². The summed E-state index contributed by atoms with van der Waals surface area (Å²) in [6.45, 7) is -0.265. The molecule has 0 spiro atoms. The van der Waals surface area contributed by atoms with Crippen LogP contribution in [-0.4, -0.2) is 63.5 Å². The molecule has 10 heteroatoms. The van der Waals surface area contributed by atoms with Crippen molar-refractivity contribution in [2.75, 3.05) is 18.6 Å². The summed E-state index contributed by atoms with van der Waals surface area (Å²) in [7, 11) is 0. The second-order valence-corrected chi connectivity index (χ2v) is 5.76. The van der Waals surface area contributed by atoms with Crippen molar-refractivity contribution in [2.24, 2.45) is 5.73 Å². The number of carboxylic acid groups (broad SMARTS) is 1. The van der Waals surface area contributed by atoms with Gasteiger partial charge in [0.2, 0.25) is 11.8 Å². The first-order chi connectivity index (χ1) is 11.0. The fourth-order valence-electron chi connectivity index (χ4n) is 1.84. The average molecular weight is 343 g/mol. The van der Waals surface area contributed by atoms with E-state index in [1.54, 1.807) is 6.20 Å². The van der Waals surface area contributed by atoms with Crippen LogP contribution in [0.5, 0.6) is 0 Å². The number of imidazole rings is 1. The topological polar surface area (TPSA) is 150 Å². The van der Waals surface area contributed by atoms with Gasteiger partial charge in [0.1, 0.15) is 12.1 Å². The molecular formula is C13H21N5O4S. The van der Waals surface area contributed by atoms with Gasteiger partial charge in [-0.2, -0.15) is 11.8 Å². The molecule has 0 aliphatic carbocycles. The van der Waals surface area contributed by atoms with Crippen molar-refractivity contribution in [3.63, 3.8) is 0 Å². The molecule has 0 saturated carbocycles. The Morgan fingerprint density at radius 3 is 2.65 bits per heavy atom. The van der Waals surface area contributed by atoms with Gasteiger partial charge in [-0.15, -0.1) is 0 Å². The molecule has 0 aromatic carbocycles. The van der Waals surface area contributed by atoms with E-state index in [0.29, 0.717) is 17.9 Å². The summed E-state index contributed by atoms with van der Waals surface area (Å²) >= 11 is 1.49. The highest BCUT2D eigenvalue weighted by Gasteiger charge is 2.26. The minimum absolute atomic E-state index is 0.135. The van der Waals surface area contributed by atoms with Crippen molar-refractivity contribution in [1.29, 1.82) is 0 Å². The van der Waals surface area contributed by atoms with Gasteiger partial charge in [-0.1, -0.05) is 0 Å². The third kappa shape index (κ3) is 6.70. The summed E-state index contributed by atoms with van der Waals surface area (Å²) in [6, 6.07) is -1.95. The number of nitrogens with two attached hydrogens (primary N) is 1. The minimum Gasteiger partial charge on any atom is -0.480 e. The number of hydrogen-bond donors (Lipinski definition) is 5. The van der Waals surface area contributed by atoms with Gasteiger partial charge >= 0.3 is 5.97 Å². The largest absolute Gasteiger partial charge is 0.480 e. The summed E-state index contributed by atoms with van der Waals surface area (Å²) in [5.74, 6) is -1.60. The fraction of sp³-hybridized carbons (Fsp3) is 0.538. The van der Waals surface area contributed by atoms with Gasteiger partial charge in [0, 0.05) is 12.6 Å². The van der Waals surface area contributed by atoms with Crippen LogP contribution in [0.25, 0.3) is 0 Å². The Morgan fingerprint density at radius 2 is 2.13 bits per heavy atom. The van der Waals surface area contributed by atoms with Crippen molar-refractivity contribution >= 4 is 29.5 Å². The number of hydrogen-bond acceptors (Lipinski definition) is 6. The zero-order chi connectivity index (χ0) is 17.2. The van der Waals surface area contributed by atoms with Crippen LogP contribution < -0.4 is 16.4 Å². The molecule has 0 saturated heterocycles. The Balaban J connectivity index is 2.75. The van der Waals surface area contributed by atoms with E-state index < -0.39 is 29.9 Å². The van der Waals surface area contributed by atoms with Crippen LogP contribution in [0.1, 0.15) is 12.1 Å². The van der Waals surface area contributed by atoms with Crippen LogP contribution in [-0.2, 0) is 20.8 Å².